The van der Waals surface area contributed by atoms with E-state index in [1.165, 1.54) is 0 Å². The number of amides is 1. The van der Waals surface area contributed by atoms with Gasteiger partial charge in [-0.3, -0.25) is 9.69 Å². The van der Waals surface area contributed by atoms with E-state index >= 15 is 0 Å². The molecule has 0 aromatic rings. The van der Waals surface area contributed by atoms with Gasteiger partial charge in [0.15, 0.2) is 0 Å². The van der Waals surface area contributed by atoms with Crippen molar-refractivity contribution in [2.45, 2.75) is 77.0 Å². The van der Waals surface area contributed by atoms with Gasteiger partial charge >= 0.3 is 6.09 Å². The van der Waals surface area contributed by atoms with Crippen molar-refractivity contribution in [3.8, 4) is 0 Å². The lowest BCUT2D eigenvalue weighted by Gasteiger charge is -2.38. The zero-order chi connectivity index (χ0) is 15.5. The number of Topliss-reactive ketones (excluding diaryl/α,β-unsaturated/α-hetero) is 1. The lowest BCUT2D eigenvalue weighted by Crippen LogP contribution is -2.47. The predicted molar refractivity (Wildman–Crippen MR) is 81.2 cm³/mol. The van der Waals surface area contributed by atoms with E-state index in [0.717, 1.165) is 38.8 Å². The predicted octanol–water partition coefficient (Wildman–Crippen LogP) is 2.49. The average molecular weight is 296 g/mol. The number of nitrogens with one attached hydrogen (secondary N) is 1. The fourth-order valence-corrected chi connectivity index (χ4v) is 3.20. The minimum atomic E-state index is -0.443. The van der Waals surface area contributed by atoms with Gasteiger partial charge in [0.25, 0.3) is 0 Å². The van der Waals surface area contributed by atoms with E-state index in [1.54, 1.807) is 0 Å². The second-order valence-corrected chi connectivity index (χ2v) is 7.23. The molecule has 1 N–H and O–H groups in total. The van der Waals surface area contributed by atoms with Crippen molar-refractivity contribution >= 4 is 11.9 Å². The molecule has 0 aromatic heterocycles. The number of rotatable bonds is 2. The van der Waals surface area contributed by atoms with Crippen molar-refractivity contribution in [2.24, 2.45) is 0 Å². The highest BCUT2D eigenvalue weighted by molar-refractivity contribution is 5.79. The Hall–Kier alpha value is -1.10. The third-order valence-electron chi connectivity index (χ3n) is 4.29. The molecule has 1 aliphatic heterocycles. The largest absolute Gasteiger partial charge is 0.444 e. The Labute approximate surface area is 127 Å². The average Bonchev–Trinajstić information content (AvgIpc) is 2.38. The molecule has 1 heterocycles. The van der Waals surface area contributed by atoms with Crippen LogP contribution in [0.15, 0.2) is 0 Å². The summed E-state index contributed by atoms with van der Waals surface area (Å²) in [6.07, 6.45) is 5.27. The van der Waals surface area contributed by atoms with Gasteiger partial charge in [0.1, 0.15) is 11.4 Å². The van der Waals surface area contributed by atoms with Gasteiger partial charge < -0.3 is 10.1 Å². The van der Waals surface area contributed by atoms with Gasteiger partial charge in [0, 0.05) is 38.0 Å². The molecule has 21 heavy (non-hydrogen) atoms. The van der Waals surface area contributed by atoms with Gasteiger partial charge in [0.2, 0.25) is 0 Å². The van der Waals surface area contributed by atoms with Crippen molar-refractivity contribution in [1.29, 1.82) is 0 Å². The van der Waals surface area contributed by atoms with Crippen LogP contribution in [-0.2, 0) is 9.53 Å². The molecule has 2 aliphatic rings. The number of hydrogen-bond acceptors (Lipinski definition) is 4. The molecule has 1 amide bonds. The van der Waals surface area contributed by atoms with Gasteiger partial charge in [-0.2, -0.15) is 0 Å². The summed E-state index contributed by atoms with van der Waals surface area (Å²) in [5, 5.41) is 2.97. The molecule has 1 saturated carbocycles. The molecule has 0 spiro atoms. The molecule has 1 saturated heterocycles. The van der Waals surface area contributed by atoms with Gasteiger partial charge in [-0.05, 0) is 46.5 Å². The van der Waals surface area contributed by atoms with Crippen LogP contribution in [0.1, 0.15) is 59.3 Å². The van der Waals surface area contributed by atoms with Crippen LogP contribution < -0.4 is 5.32 Å². The standard InChI is InChI=1S/C16H28N2O3/c1-16(2,3)21-15(20)17-12-4-6-13(7-5-12)18-10-8-14(19)9-11-18/h12-13H,4-11H2,1-3H3,(H,17,20)/t12-,13-. The number of nitrogens with zero attached hydrogens (tertiary/aromatic N) is 1. The Balaban J connectivity index is 1.71. The monoisotopic (exact) mass is 296 g/mol. The Bertz CT molecular complexity index is 371. The van der Waals surface area contributed by atoms with Gasteiger partial charge in [0.05, 0.1) is 0 Å². The van der Waals surface area contributed by atoms with Crippen molar-refractivity contribution < 1.29 is 14.3 Å². The zero-order valence-corrected chi connectivity index (χ0v) is 13.5. The van der Waals surface area contributed by atoms with Crippen LogP contribution in [-0.4, -0.2) is 47.6 Å². The summed E-state index contributed by atoms with van der Waals surface area (Å²) in [6.45, 7) is 7.45. The summed E-state index contributed by atoms with van der Waals surface area (Å²) >= 11 is 0. The van der Waals surface area contributed by atoms with E-state index < -0.39 is 5.60 Å². The molecule has 2 fully saturated rings. The second-order valence-electron chi connectivity index (χ2n) is 7.23. The van der Waals surface area contributed by atoms with E-state index in [-0.39, 0.29) is 12.1 Å². The summed E-state index contributed by atoms with van der Waals surface area (Å²) in [5.74, 6) is 0.395. The Kier molecular flexibility index (Phi) is 5.25. The fourth-order valence-electron chi connectivity index (χ4n) is 3.20. The van der Waals surface area contributed by atoms with E-state index in [0.29, 0.717) is 24.7 Å². The number of piperidine rings is 1. The fraction of sp³-hybridized carbons (Fsp3) is 0.875. The lowest BCUT2D eigenvalue weighted by atomic mass is 9.89. The molecule has 5 nitrogen and oxygen atoms in total. The summed E-state index contributed by atoms with van der Waals surface area (Å²) in [6, 6.07) is 0.803. The lowest BCUT2D eigenvalue weighted by molar-refractivity contribution is -0.122. The number of carbonyl (C=O) groups is 2. The summed E-state index contributed by atoms with van der Waals surface area (Å²) in [5.41, 5.74) is -0.443. The summed E-state index contributed by atoms with van der Waals surface area (Å²) in [7, 11) is 0. The van der Waals surface area contributed by atoms with E-state index in [4.69, 9.17) is 4.74 Å². The number of ketones is 1. The van der Waals surface area contributed by atoms with E-state index in [9.17, 15) is 9.59 Å². The van der Waals surface area contributed by atoms with Gasteiger partial charge in [-0.1, -0.05) is 0 Å². The van der Waals surface area contributed by atoms with Crippen molar-refractivity contribution in [1.82, 2.24) is 10.2 Å². The highest BCUT2D eigenvalue weighted by Crippen LogP contribution is 2.25. The normalized spacial score (nSPS) is 28.2. The second kappa shape index (κ2) is 6.77. The van der Waals surface area contributed by atoms with Crippen LogP contribution >= 0.6 is 0 Å². The van der Waals surface area contributed by atoms with Crippen molar-refractivity contribution in [3.63, 3.8) is 0 Å². The topological polar surface area (TPSA) is 58.6 Å². The maximum Gasteiger partial charge on any atom is 0.407 e. The minimum absolute atomic E-state index is 0.225. The molecule has 0 unspecified atom stereocenters. The van der Waals surface area contributed by atoms with Crippen LogP contribution in [0.3, 0.4) is 0 Å². The molecular formula is C16H28N2O3. The van der Waals surface area contributed by atoms with Crippen LogP contribution in [0.5, 0.6) is 0 Å². The zero-order valence-electron chi connectivity index (χ0n) is 13.5. The number of hydrogen-bond donors (Lipinski definition) is 1. The van der Waals surface area contributed by atoms with Crippen LogP contribution in [0.4, 0.5) is 4.79 Å². The van der Waals surface area contributed by atoms with Crippen LogP contribution in [0, 0.1) is 0 Å². The summed E-state index contributed by atoms with van der Waals surface area (Å²) in [4.78, 5) is 25.5. The highest BCUT2D eigenvalue weighted by Gasteiger charge is 2.29. The SMILES string of the molecule is CC(C)(C)OC(=O)N[C@H]1CC[C@H](N2CCC(=O)CC2)CC1. The van der Waals surface area contributed by atoms with Gasteiger partial charge in [-0.15, -0.1) is 0 Å². The van der Waals surface area contributed by atoms with Crippen molar-refractivity contribution in [3.05, 3.63) is 0 Å². The quantitative estimate of drug-likeness (QED) is 0.850. The summed E-state index contributed by atoms with van der Waals surface area (Å²) < 4.78 is 5.30. The Morgan fingerprint density at radius 2 is 1.71 bits per heavy atom. The maximum atomic E-state index is 11.8. The van der Waals surface area contributed by atoms with E-state index in [1.807, 2.05) is 20.8 Å². The molecule has 0 aromatic carbocycles. The molecule has 0 bridgehead atoms. The third-order valence-corrected chi connectivity index (χ3v) is 4.29. The third kappa shape index (κ3) is 5.30. The highest BCUT2D eigenvalue weighted by atomic mass is 16.6. The first-order valence-corrected chi connectivity index (χ1v) is 8.09. The molecule has 2 rings (SSSR count). The van der Waals surface area contributed by atoms with Gasteiger partial charge in [-0.25, -0.2) is 4.79 Å². The molecule has 0 atom stereocenters. The number of ether oxygens (including phenoxy) is 1. The molecule has 5 heteroatoms. The number of alkyl carbamates (subject to hydrolysis) is 1. The smallest absolute Gasteiger partial charge is 0.407 e. The van der Waals surface area contributed by atoms with Crippen LogP contribution in [0.25, 0.3) is 0 Å². The molecule has 0 radical (unpaired) electrons. The number of carbonyl (C=O) groups excluding carboxylic acids is 2. The Morgan fingerprint density at radius 1 is 1.14 bits per heavy atom. The van der Waals surface area contributed by atoms with Crippen LogP contribution in [0.2, 0.25) is 0 Å². The Morgan fingerprint density at radius 3 is 2.24 bits per heavy atom. The molecule has 120 valence electrons. The minimum Gasteiger partial charge on any atom is -0.444 e. The first-order chi connectivity index (χ1) is 9.83. The van der Waals surface area contributed by atoms with E-state index in [2.05, 4.69) is 10.2 Å². The van der Waals surface area contributed by atoms with Crippen molar-refractivity contribution in [2.75, 3.05) is 13.1 Å². The molecule has 1 aliphatic carbocycles. The first kappa shape index (κ1) is 16.3. The first-order valence-electron chi connectivity index (χ1n) is 8.09. The number of likely N-dealkylation sites (tertiary alicyclic amines) is 1. The molecular weight excluding hydrogens is 268 g/mol. The maximum absolute atomic E-state index is 11.8.